The molecule has 0 amide bonds. The second kappa shape index (κ2) is 6.25. The molecule has 0 aromatic heterocycles. The Morgan fingerprint density at radius 1 is 1.19 bits per heavy atom. The zero-order valence-electron chi connectivity index (χ0n) is 13.2. The summed E-state index contributed by atoms with van der Waals surface area (Å²) in [4.78, 5) is 0. The Hall–Kier alpha value is -0.615. The standard InChI is InChI=1S/C16H23BBrNO2/c1-15(2)16(3,4)21-17(20-15)14(11-19)9-12-7-5-6-8-13(12)10-18/h5-9H,10-11,19H2,1-4H3. The molecule has 0 atom stereocenters. The van der Waals surface area contributed by atoms with Gasteiger partial charge in [-0.05, 0) is 44.3 Å². The molecule has 1 heterocycles. The lowest BCUT2D eigenvalue weighted by Gasteiger charge is -2.32. The van der Waals surface area contributed by atoms with Gasteiger partial charge in [-0.2, -0.15) is 0 Å². The first-order valence-corrected chi connectivity index (χ1v) is 8.33. The van der Waals surface area contributed by atoms with E-state index in [4.69, 9.17) is 15.0 Å². The van der Waals surface area contributed by atoms with E-state index < -0.39 is 0 Å². The molecule has 1 aromatic rings. The van der Waals surface area contributed by atoms with E-state index in [2.05, 4.69) is 34.1 Å². The van der Waals surface area contributed by atoms with E-state index >= 15 is 0 Å². The summed E-state index contributed by atoms with van der Waals surface area (Å²) in [6.07, 6.45) is 2.08. The largest absolute Gasteiger partial charge is 0.491 e. The second-order valence-electron chi connectivity index (χ2n) is 6.34. The van der Waals surface area contributed by atoms with Gasteiger partial charge in [0.1, 0.15) is 0 Å². The van der Waals surface area contributed by atoms with Crippen molar-refractivity contribution >= 4 is 29.1 Å². The number of benzene rings is 1. The summed E-state index contributed by atoms with van der Waals surface area (Å²) in [6, 6.07) is 8.23. The molecule has 1 fully saturated rings. The van der Waals surface area contributed by atoms with E-state index in [9.17, 15) is 0 Å². The average molecular weight is 352 g/mol. The van der Waals surface area contributed by atoms with E-state index in [-0.39, 0.29) is 18.3 Å². The lowest BCUT2D eigenvalue weighted by atomic mass is 9.77. The maximum Gasteiger partial charge on any atom is 0.491 e. The van der Waals surface area contributed by atoms with Gasteiger partial charge in [-0.1, -0.05) is 46.3 Å². The molecule has 114 valence electrons. The Morgan fingerprint density at radius 2 is 1.76 bits per heavy atom. The lowest BCUT2D eigenvalue weighted by Crippen LogP contribution is -2.41. The molecule has 2 N–H and O–H groups in total. The first-order valence-electron chi connectivity index (χ1n) is 7.21. The third kappa shape index (κ3) is 3.42. The molecule has 0 aliphatic carbocycles. The van der Waals surface area contributed by atoms with Crippen LogP contribution in [0.2, 0.25) is 0 Å². The third-order valence-electron chi connectivity index (χ3n) is 4.33. The molecule has 1 aromatic carbocycles. The topological polar surface area (TPSA) is 44.5 Å². The fourth-order valence-corrected chi connectivity index (χ4v) is 2.72. The molecule has 1 aliphatic rings. The molecule has 3 nitrogen and oxygen atoms in total. The van der Waals surface area contributed by atoms with Crippen LogP contribution in [0.25, 0.3) is 6.08 Å². The predicted molar refractivity (Wildman–Crippen MR) is 92.2 cm³/mol. The first kappa shape index (κ1) is 16.8. The summed E-state index contributed by atoms with van der Waals surface area (Å²) < 4.78 is 12.2. The number of nitrogens with two attached hydrogens (primary N) is 1. The van der Waals surface area contributed by atoms with Crippen LogP contribution in [-0.2, 0) is 14.6 Å². The van der Waals surface area contributed by atoms with Crippen molar-refractivity contribution in [1.82, 2.24) is 0 Å². The van der Waals surface area contributed by atoms with E-state index in [1.165, 1.54) is 5.56 Å². The Bertz CT molecular complexity index is 527. The van der Waals surface area contributed by atoms with Gasteiger partial charge in [-0.15, -0.1) is 0 Å². The number of halogens is 1. The fourth-order valence-electron chi connectivity index (χ4n) is 2.21. The van der Waals surface area contributed by atoms with Gasteiger partial charge < -0.3 is 15.0 Å². The van der Waals surface area contributed by atoms with Crippen molar-refractivity contribution < 1.29 is 9.31 Å². The van der Waals surface area contributed by atoms with Gasteiger partial charge in [0.25, 0.3) is 0 Å². The average Bonchev–Trinajstić information content (AvgIpc) is 2.65. The van der Waals surface area contributed by atoms with Crippen LogP contribution in [0, 0.1) is 0 Å². The van der Waals surface area contributed by atoms with Gasteiger partial charge in [0.05, 0.1) is 11.2 Å². The minimum Gasteiger partial charge on any atom is -0.400 e. The highest BCUT2D eigenvalue weighted by molar-refractivity contribution is 9.08. The number of rotatable bonds is 4. The van der Waals surface area contributed by atoms with Crippen LogP contribution in [0.15, 0.2) is 29.7 Å². The van der Waals surface area contributed by atoms with Crippen LogP contribution < -0.4 is 5.73 Å². The highest BCUT2D eigenvalue weighted by Crippen LogP contribution is 2.38. The Kier molecular flexibility index (Phi) is 4.98. The van der Waals surface area contributed by atoms with E-state index in [0.717, 1.165) is 16.4 Å². The second-order valence-corrected chi connectivity index (χ2v) is 6.90. The molecule has 0 spiro atoms. The quantitative estimate of drug-likeness (QED) is 0.666. The van der Waals surface area contributed by atoms with Gasteiger partial charge in [0.15, 0.2) is 0 Å². The van der Waals surface area contributed by atoms with Crippen LogP contribution in [-0.4, -0.2) is 24.9 Å². The van der Waals surface area contributed by atoms with E-state index in [0.29, 0.717) is 6.54 Å². The highest BCUT2D eigenvalue weighted by Gasteiger charge is 2.52. The number of alkyl halides is 1. The normalized spacial score (nSPS) is 20.9. The van der Waals surface area contributed by atoms with E-state index in [1.54, 1.807) is 0 Å². The Labute approximate surface area is 136 Å². The van der Waals surface area contributed by atoms with Crippen molar-refractivity contribution in [2.45, 2.75) is 44.2 Å². The number of hydrogen-bond donors (Lipinski definition) is 1. The predicted octanol–water partition coefficient (Wildman–Crippen LogP) is 3.56. The van der Waals surface area contributed by atoms with Gasteiger partial charge in [-0.25, -0.2) is 0 Å². The Balaban J connectivity index is 2.31. The third-order valence-corrected chi connectivity index (χ3v) is 4.94. The van der Waals surface area contributed by atoms with Crippen molar-refractivity contribution in [3.63, 3.8) is 0 Å². The molecule has 0 radical (unpaired) electrons. The highest BCUT2D eigenvalue weighted by atomic mass is 79.9. The molecule has 2 rings (SSSR count). The van der Waals surface area contributed by atoms with Gasteiger partial charge in [-0.3, -0.25) is 0 Å². The van der Waals surface area contributed by atoms with Crippen molar-refractivity contribution in [3.8, 4) is 0 Å². The van der Waals surface area contributed by atoms with Gasteiger partial charge >= 0.3 is 7.12 Å². The van der Waals surface area contributed by atoms with Crippen molar-refractivity contribution in [2.75, 3.05) is 6.54 Å². The summed E-state index contributed by atoms with van der Waals surface area (Å²) >= 11 is 3.52. The summed E-state index contributed by atoms with van der Waals surface area (Å²) in [7, 11) is -0.386. The van der Waals surface area contributed by atoms with Crippen LogP contribution >= 0.6 is 15.9 Å². The summed E-state index contributed by atoms with van der Waals surface area (Å²) in [5, 5.41) is 0.806. The molecule has 1 aliphatic heterocycles. The first-order chi connectivity index (χ1) is 9.80. The Morgan fingerprint density at radius 3 is 2.29 bits per heavy atom. The van der Waals surface area contributed by atoms with Crippen LogP contribution in [0.4, 0.5) is 0 Å². The van der Waals surface area contributed by atoms with Crippen molar-refractivity contribution in [1.29, 1.82) is 0 Å². The summed E-state index contributed by atoms with van der Waals surface area (Å²) in [6.45, 7) is 8.61. The van der Waals surface area contributed by atoms with Crippen molar-refractivity contribution in [3.05, 3.63) is 40.9 Å². The zero-order valence-corrected chi connectivity index (χ0v) is 14.7. The van der Waals surface area contributed by atoms with Gasteiger partial charge in [0.2, 0.25) is 0 Å². The molecule has 0 unspecified atom stereocenters. The molecule has 21 heavy (non-hydrogen) atoms. The van der Waals surface area contributed by atoms with Crippen LogP contribution in [0.5, 0.6) is 0 Å². The SMILES string of the molecule is CC1(C)OB(C(=Cc2ccccc2CBr)CN)OC1(C)C. The molecule has 0 saturated carbocycles. The van der Waals surface area contributed by atoms with Crippen LogP contribution in [0.3, 0.4) is 0 Å². The maximum atomic E-state index is 6.08. The monoisotopic (exact) mass is 351 g/mol. The van der Waals surface area contributed by atoms with E-state index in [1.807, 2.05) is 39.8 Å². The molecular weight excluding hydrogens is 329 g/mol. The minimum absolute atomic E-state index is 0.346. The fraction of sp³-hybridized carbons (Fsp3) is 0.500. The summed E-state index contributed by atoms with van der Waals surface area (Å²) in [5.74, 6) is 0. The van der Waals surface area contributed by atoms with Gasteiger partial charge in [0, 0.05) is 11.9 Å². The van der Waals surface area contributed by atoms with Crippen molar-refractivity contribution in [2.24, 2.45) is 5.73 Å². The minimum atomic E-state index is -0.386. The van der Waals surface area contributed by atoms with Crippen LogP contribution in [0.1, 0.15) is 38.8 Å². The lowest BCUT2D eigenvalue weighted by molar-refractivity contribution is 0.00578. The molecular formula is C16H23BBrNO2. The smallest absolute Gasteiger partial charge is 0.400 e. The number of hydrogen-bond acceptors (Lipinski definition) is 3. The summed E-state index contributed by atoms with van der Waals surface area (Å²) in [5.41, 5.74) is 8.56. The molecule has 0 bridgehead atoms. The zero-order chi connectivity index (χ0) is 15.7. The molecule has 5 heteroatoms. The molecule has 1 saturated heterocycles. The maximum absolute atomic E-state index is 6.08.